The van der Waals surface area contributed by atoms with Gasteiger partial charge in [0, 0.05) is 28.1 Å². The second kappa shape index (κ2) is 10.2. The Bertz CT molecular complexity index is 664. The van der Waals surface area contributed by atoms with E-state index in [1.807, 2.05) is 47.9 Å². The molecule has 0 aliphatic heterocycles. The number of methoxy groups -OCH3 is 2. The van der Waals surface area contributed by atoms with E-state index in [-0.39, 0.29) is 0 Å². The molecule has 0 fully saturated rings. The molecular weight excluding hydrogens is 340 g/mol. The van der Waals surface area contributed by atoms with E-state index in [2.05, 4.69) is 12.1 Å². The zero-order chi connectivity index (χ0) is 17.2. The topological polar surface area (TPSA) is 35.5 Å². The van der Waals surface area contributed by atoms with Crippen molar-refractivity contribution in [2.24, 2.45) is 0 Å². The SMILES string of the molecule is COc1ccc(CS/C=C/CS(=O)Cc2ccc(OC)cc2)cc1. The molecule has 5 heteroatoms. The van der Waals surface area contributed by atoms with Crippen LogP contribution in [0.2, 0.25) is 0 Å². The van der Waals surface area contributed by atoms with Gasteiger partial charge in [0.05, 0.1) is 14.2 Å². The van der Waals surface area contributed by atoms with E-state index in [1.54, 1.807) is 26.0 Å². The Labute approximate surface area is 150 Å². The molecule has 24 heavy (non-hydrogen) atoms. The predicted octanol–water partition coefficient (Wildman–Crippen LogP) is 4.40. The molecule has 0 amide bonds. The van der Waals surface area contributed by atoms with Gasteiger partial charge < -0.3 is 9.47 Å². The molecule has 0 radical (unpaired) electrons. The molecule has 0 saturated carbocycles. The maximum absolute atomic E-state index is 12.1. The van der Waals surface area contributed by atoms with Crippen molar-refractivity contribution in [3.05, 3.63) is 71.1 Å². The first kappa shape index (κ1) is 18.6. The lowest BCUT2D eigenvalue weighted by Crippen LogP contribution is -1.98. The lowest BCUT2D eigenvalue weighted by Gasteiger charge is -2.03. The standard InChI is InChI=1S/C19H22O3S2/c1-21-18-8-4-16(5-9-18)14-23-12-3-13-24(20)15-17-6-10-19(22-2)11-7-17/h3-12H,13-15H2,1-2H3/b12-3+. The van der Waals surface area contributed by atoms with Crippen molar-refractivity contribution in [2.75, 3.05) is 20.0 Å². The molecule has 3 nitrogen and oxygen atoms in total. The van der Waals surface area contributed by atoms with Gasteiger partial charge in [-0.25, -0.2) is 0 Å². The van der Waals surface area contributed by atoms with Crippen molar-refractivity contribution < 1.29 is 13.7 Å². The van der Waals surface area contributed by atoms with Crippen LogP contribution in [0.1, 0.15) is 11.1 Å². The van der Waals surface area contributed by atoms with E-state index >= 15 is 0 Å². The van der Waals surface area contributed by atoms with Gasteiger partial charge in [0.25, 0.3) is 0 Å². The minimum absolute atomic E-state index is 0.567. The summed E-state index contributed by atoms with van der Waals surface area (Å²) in [7, 11) is 2.42. The molecule has 2 aromatic carbocycles. The molecule has 0 saturated heterocycles. The van der Waals surface area contributed by atoms with Crippen LogP contribution >= 0.6 is 11.8 Å². The first-order valence-electron chi connectivity index (χ1n) is 7.58. The van der Waals surface area contributed by atoms with Gasteiger partial charge in [0.15, 0.2) is 0 Å². The van der Waals surface area contributed by atoms with Crippen LogP contribution in [0.4, 0.5) is 0 Å². The molecule has 0 heterocycles. The molecule has 1 atom stereocenters. The Balaban J connectivity index is 1.69. The monoisotopic (exact) mass is 362 g/mol. The summed E-state index contributed by atoms with van der Waals surface area (Å²) in [5.41, 5.74) is 2.30. The van der Waals surface area contributed by atoms with E-state index < -0.39 is 10.8 Å². The summed E-state index contributed by atoms with van der Waals surface area (Å²) in [5.74, 6) is 3.72. The molecule has 0 N–H and O–H groups in total. The van der Waals surface area contributed by atoms with Crippen molar-refractivity contribution in [3.63, 3.8) is 0 Å². The molecule has 0 aliphatic carbocycles. The van der Waals surface area contributed by atoms with Crippen LogP contribution in [0.3, 0.4) is 0 Å². The molecule has 0 aromatic heterocycles. The number of hydrogen-bond donors (Lipinski definition) is 0. The first-order chi connectivity index (χ1) is 11.7. The van der Waals surface area contributed by atoms with E-state index in [1.165, 1.54) is 5.56 Å². The Hall–Kier alpha value is -1.72. The molecular formula is C19H22O3S2. The lowest BCUT2D eigenvalue weighted by molar-refractivity contribution is 0.414. The maximum atomic E-state index is 12.1. The lowest BCUT2D eigenvalue weighted by atomic mass is 10.2. The quantitative estimate of drug-likeness (QED) is 0.662. The van der Waals surface area contributed by atoms with E-state index in [0.717, 1.165) is 22.8 Å². The number of rotatable bonds is 9. The molecule has 0 bridgehead atoms. The Morgan fingerprint density at radius 2 is 1.46 bits per heavy atom. The summed E-state index contributed by atoms with van der Waals surface area (Å²) in [4.78, 5) is 0. The van der Waals surface area contributed by atoms with Gasteiger partial charge in [-0.15, -0.1) is 11.8 Å². The van der Waals surface area contributed by atoms with Gasteiger partial charge in [-0.2, -0.15) is 0 Å². The van der Waals surface area contributed by atoms with Crippen LogP contribution in [0, 0.1) is 0 Å². The molecule has 2 rings (SSSR count). The van der Waals surface area contributed by atoms with Crippen molar-refractivity contribution in [1.82, 2.24) is 0 Å². The normalized spacial score (nSPS) is 12.2. The van der Waals surface area contributed by atoms with Crippen LogP contribution in [0.25, 0.3) is 0 Å². The third-order valence-electron chi connectivity index (χ3n) is 3.37. The van der Waals surface area contributed by atoms with Gasteiger partial charge in [0.1, 0.15) is 11.5 Å². The van der Waals surface area contributed by atoms with Crippen LogP contribution in [-0.2, 0) is 22.3 Å². The molecule has 128 valence electrons. The predicted molar refractivity (Wildman–Crippen MR) is 103 cm³/mol. The van der Waals surface area contributed by atoms with Crippen LogP contribution in [0.15, 0.2) is 60.0 Å². The largest absolute Gasteiger partial charge is 0.497 e. The van der Waals surface area contributed by atoms with E-state index in [0.29, 0.717) is 11.5 Å². The highest BCUT2D eigenvalue weighted by molar-refractivity contribution is 8.01. The Kier molecular flexibility index (Phi) is 7.92. The fourth-order valence-corrected chi connectivity index (χ4v) is 3.88. The number of benzene rings is 2. The average molecular weight is 363 g/mol. The summed E-state index contributed by atoms with van der Waals surface area (Å²) in [6.45, 7) is 0. The van der Waals surface area contributed by atoms with Crippen molar-refractivity contribution in [3.8, 4) is 11.5 Å². The summed E-state index contributed by atoms with van der Waals surface area (Å²) in [6.07, 6.45) is 1.98. The summed E-state index contributed by atoms with van der Waals surface area (Å²) in [5, 5.41) is 2.02. The second-order valence-electron chi connectivity index (χ2n) is 5.13. The summed E-state index contributed by atoms with van der Waals surface area (Å²) >= 11 is 1.70. The van der Waals surface area contributed by atoms with Crippen molar-refractivity contribution >= 4 is 22.6 Å². The van der Waals surface area contributed by atoms with Crippen LogP contribution in [-0.4, -0.2) is 24.2 Å². The van der Waals surface area contributed by atoms with Gasteiger partial charge in [-0.1, -0.05) is 30.3 Å². The zero-order valence-corrected chi connectivity index (χ0v) is 15.6. The molecule has 0 aliphatic rings. The minimum Gasteiger partial charge on any atom is -0.497 e. The Morgan fingerprint density at radius 1 is 0.917 bits per heavy atom. The summed E-state index contributed by atoms with van der Waals surface area (Å²) < 4.78 is 22.3. The maximum Gasteiger partial charge on any atom is 0.118 e. The minimum atomic E-state index is -0.889. The van der Waals surface area contributed by atoms with Gasteiger partial charge in [-0.05, 0) is 40.8 Å². The third kappa shape index (κ3) is 6.42. The van der Waals surface area contributed by atoms with Crippen molar-refractivity contribution in [2.45, 2.75) is 11.5 Å². The first-order valence-corrected chi connectivity index (χ1v) is 10.1. The molecule has 2 aromatic rings. The average Bonchev–Trinajstić information content (AvgIpc) is 2.62. The summed E-state index contributed by atoms with van der Waals surface area (Å²) in [6, 6.07) is 15.7. The van der Waals surface area contributed by atoms with Crippen LogP contribution in [0.5, 0.6) is 11.5 Å². The Morgan fingerprint density at radius 3 is 2.00 bits per heavy atom. The third-order valence-corrected chi connectivity index (χ3v) is 5.47. The van der Waals surface area contributed by atoms with Gasteiger partial charge >= 0.3 is 0 Å². The van der Waals surface area contributed by atoms with E-state index in [4.69, 9.17) is 9.47 Å². The molecule has 1 unspecified atom stereocenters. The zero-order valence-electron chi connectivity index (χ0n) is 13.9. The highest BCUT2D eigenvalue weighted by Crippen LogP contribution is 2.17. The fraction of sp³-hybridized carbons (Fsp3) is 0.263. The molecule has 0 spiro atoms. The highest BCUT2D eigenvalue weighted by atomic mass is 32.2. The van der Waals surface area contributed by atoms with Crippen molar-refractivity contribution in [1.29, 1.82) is 0 Å². The highest BCUT2D eigenvalue weighted by Gasteiger charge is 2.00. The smallest absolute Gasteiger partial charge is 0.118 e. The number of ether oxygens (including phenoxy) is 2. The number of thioether (sulfide) groups is 1. The van der Waals surface area contributed by atoms with Gasteiger partial charge in [0.2, 0.25) is 0 Å². The second-order valence-corrected chi connectivity index (χ2v) is 7.53. The fourth-order valence-electron chi connectivity index (χ4n) is 2.05. The number of hydrogen-bond acceptors (Lipinski definition) is 4. The van der Waals surface area contributed by atoms with E-state index in [9.17, 15) is 4.21 Å². The van der Waals surface area contributed by atoms with Crippen LogP contribution < -0.4 is 9.47 Å². The van der Waals surface area contributed by atoms with Gasteiger partial charge in [-0.3, -0.25) is 4.21 Å².